The zero-order valence-corrected chi connectivity index (χ0v) is 14.3. The molecule has 0 aliphatic heterocycles. The molecule has 2 bridgehead atoms. The summed E-state index contributed by atoms with van der Waals surface area (Å²) in [5, 5.41) is 7.21. The fourth-order valence-electron chi connectivity index (χ4n) is 3.71. The molecule has 1 aromatic carbocycles. The van der Waals surface area contributed by atoms with Crippen LogP contribution in [0, 0.1) is 17.8 Å². The van der Waals surface area contributed by atoms with Gasteiger partial charge >= 0.3 is 0 Å². The van der Waals surface area contributed by atoms with Gasteiger partial charge in [0.05, 0.1) is 7.11 Å². The fraction of sp³-hybridized carbons (Fsp3) is 0.389. The second-order valence-corrected chi connectivity index (χ2v) is 7.18. The topological polar surface area (TPSA) is 64.1 Å². The molecule has 1 amide bonds. The highest BCUT2D eigenvalue weighted by molar-refractivity contribution is 7.08. The Balaban J connectivity index is 1.45. The number of hydrogen-bond donors (Lipinski definition) is 1. The van der Waals surface area contributed by atoms with Crippen molar-refractivity contribution in [2.45, 2.75) is 12.8 Å². The van der Waals surface area contributed by atoms with E-state index in [1.54, 1.807) is 7.11 Å². The van der Waals surface area contributed by atoms with Crippen molar-refractivity contribution in [2.75, 3.05) is 13.7 Å². The summed E-state index contributed by atoms with van der Waals surface area (Å²) in [6.45, 7) is 0.726. The van der Waals surface area contributed by atoms with Crippen LogP contribution in [-0.4, -0.2) is 29.1 Å². The number of benzene rings is 1. The molecule has 1 saturated carbocycles. The number of hydrogen-bond acceptors (Lipinski definition) is 5. The molecule has 2 aliphatic rings. The molecule has 2 aromatic rings. The number of fused-ring (bicyclic) bond motifs is 2. The molecule has 0 saturated heterocycles. The van der Waals surface area contributed by atoms with Crippen LogP contribution in [0.2, 0.25) is 0 Å². The molecule has 4 rings (SSSR count). The van der Waals surface area contributed by atoms with Crippen molar-refractivity contribution in [3.63, 3.8) is 0 Å². The van der Waals surface area contributed by atoms with Crippen molar-refractivity contribution in [2.24, 2.45) is 17.8 Å². The van der Waals surface area contributed by atoms with Gasteiger partial charge in [0.2, 0.25) is 0 Å². The van der Waals surface area contributed by atoms with Crippen LogP contribution in [-0.2, 0) is 0 Å². The van der Waals surface area contributed by atoms with Crippen LogP contribution in [0.25, 0.3) is 11.3 Å². The van der Waals surface area contributed by atoms with E-state index in [2.05, 4.69) is 27.1 Å². The van der Waals surface area contributed by atoms with Gasteiger partial charge in [-0.05, 0) is 66.4 Å². The van der Waals surface area contributed by atoms with Gasteiger partial charge in [-0.25, -0.2) is 0 Å². The molecule has 0 spiro atoms. The Labute approximate surface area is 144 Å². The van der Waals surface area contributed by atoms with E-state index in [1.165, 1.54) is 12.8 Å². The summed E-state index contributed by atoms with van der Waals surface area (Å²) in [4.78, 5) is 13.1. The molecule has 1 aromatic heterocycles. The van der Waals surface area contributed by atoms with Crippen LogP contribution >= 0.6 is 11.5 Å². The van der Waals surface area contributed by atoms with Crippen molar-refractivity contribution in [3.8, 4) is 17.0 Å². The molecule has 24 heavy (non-hydrogen) atoms. The van der Waals surface area contributed by atoms with Gasteiger partial charge in [-0.15, -0.1) is 5.10 Å². The normalized spacial score (nSPS) is 24.3. The lowest BCUT2D eigenvalue weighted by Crippen LogP contribution is -2.30. The minimum Gasteiger partial charge on any atom is -0.497 e. The van der Waals surface area contributed by atoms with Gasteiger partial charge in [0, 0.05) is 12.1 Å². The van der Waals surface area contributed by atoms with Crippen LogP contribution in [0.3, 0.4) is 0 Å². The maximum Gasteiger partial charge on any atom is 0.265 e. The molecule has 1 heterocycles. The Bertz CT molecular complexity index is 769. The minimum atomic E-state index is -0.0810. The van der Waals surface area contributed by atoms with E-state index in [0.717, 1.165) is 35.3 Å². The van der Waals surface area contributed by atoms with Crippen molar-refractivity contribution in [3.05, 3.63) is 41.3 Å². The zero-order chi connectivity index (χ0) is 16.5. The van der Waals surface area contributed by atoms with Crippen molar-refractivity contribution in [1.29, 1.82) is 0 Å². The molecule has 6 heteroatoms. The third-order valence-electron chi connectivity index (χ3n) is 5.00. The summed E-state index contributed by atoms with van der Waals surface area (Å²) < 4.78 is 9.13. The number of carbonyl (C=O) groups is 1. The van der Waals surface area contributed by atoms with Crippen molar-refractivity contribution < 1.29 is 9.53 Å². The molecule has 2 aliphatic carbocycles. The predicted molar refractivity (Wildman–Crippen MR) is 93.1 cm³/mol. The zero-order valence-electron chi connectivity index (χ0n) is 13.4. The van der Waals surface area contributed by atoms with Gasteiger partial charge in [0.1, 0.15) is 16.3 Å². The summed E-state index contributed by atoms with van der Waals surface area (Å²) >= 11 is 1.14. The van der Waals surface area contributed by atoms with Crippen LogP contribution in [0.5, 0.6) is 5.75 Å². The number of amides is 1. The average Bonchev–Trinajstić information content (AvgIpc) is 3.35. The number of methoxy groups -OCH3 is 1. The second kappa shape index (κ2) is 6.36. The van der Waals surface area contributed by atoms with Gasteiger partial charge in [-0.2, -0.15) is 0 Å². The Morgan fingerprint density at radius 2 is 2.12 bits per heavy atom. The number of rotatable bonds is 5. The molecule has 124 valence electrons. The lowest BCUT2D eigenvalue weighted by Gasteiger charge is -2.18. The van der Waals surface area contributed by atoms with E-state index in [4.69, 9.17) is 4.74 Å². The third-order valence-corrected chi connectivity index (χ3v) is 5.72. The van der Waals surface area contributed by atoms with E-state index >= 15 is 0 Å². The molecule has 5 nitrogen and oxygen atoms in total. The van der Waals surface area contributed by atoms with Gasteiger partial charge < -0.3 is 10.1 Å². The number of nitrogens with zero attached hydrogens (tertiary/aromatic N) is 2. The molecule has 0 unspecified atom stereocenters. The Morgan fingerprint density at radius 3 is 2.79 bits per heavy atom. The largest absolute Gasteiger partial charge is 0.497 e. The first-order valence-electron chi connectivity index (χ1n) is 8.18. The van der Waals surface area contributed by atoms with E-state index < -0.39 is 0 Å². The summed E-state index contributed by atoms with van der Waals surface area (Å²) in [6.07, 6.45) is 7.06. The van der Waals surface area contributed by atoms with E-state index in [9.17, 15) is 4.79 Å². The summed E-state index contributed by atoms with van der Waals surface area (Å²) in [6, 6.07) is 7.51. The average molecular weight is 341 g/mol. The first kappa shape index (κ1) is 15.3. The van der Waals surface area contributed by atoms with Crippen molar-refractivity contribution >= 4 is 17.4 Å². The monoisotopic (exact) mass is 341 g/mol. The van der Waals surface area contributed by atoms with E-state index in [0.29, 0.717) is 22.4 Å². The quantitative estimate of drug-likeness (QED) is 0.849. The van der Waals surface area contributed by atoms with Gasteiger partial charge in [-0.3, -0.25) is 4.79 Å². The van der Waals surface area contributed by atoms with Crippen LogP contribution in [0.1, 0.15) is 22.5 Å². The molecule has 0 radical (unpaired) electrons. The molecule has 1 fully saturated rings. The van der Waals surface area contributed by atoms with Crippen LogP contribution < -0.4 is 10.1 Å². The highest BCUT2D eigenvalue weighted by Gasteiger charge is 2.35. The summed E-state index contributed by atoms with van der Waals surface area (Å²) in [5.74, 6) is 2.61. The number of nitrogens with one attached hydrogen (secondary N) is 1. The molecular formula is C18H19N3O2S. The smallest absolute Gasteiger partial charge is 0.265 e. The predicted octanol–water partition coefficient (Wildman–Crippen LogP) is 3.16. The standard InChI is InChI=1S/C18H19N3O2S/c1-23-15-6-4-12(5-7-15)16-17(24-21-20-16)18(22)19-10-14-9-11-2-3-13(14)8-11/h2-7,11,13-14H,8-10H2,1H3,(H,19,22)/t11-,13+,14+/m1/s1. The molecular weight excluding hydrogens is 322 g/mol. The van der Waals surface area contributed by atoms with E-state index in [-0.39, 0.29) is 5.91 Å². The maximum absolute atomic E-state index is 12.6. The van der Waals surface area contributed by atoms with Crippen LogP contribution in [0.4, 0.5) is 0 Å². The minimum absolute atomic E-state index is 0.0810. The SMILES string of the molecule is COc1ccc(-c2nnsc2C(=O)NC[C@@H]2C[C@@H]3C=C[C@H]2C3)cc1. The first-order valence-corrected chi connectivity index (χ1v) is 8.95. The Morgan fingerprint density at radius 1 is 1.29 bits per heavy atom. The number of carbonyl (C=O) groups excluding carboxylic acids is 1. The van der Waals surface area contributed by atoms with Gasteiger partial charge in [-0.1, -0.05) is 16.6 Å². The highest BCUT2D eigenvalue weighted by Crippen LogP contribution is 2.43. The van der Waals surface area contributed by atoms with Gasteiger partial charge in [0.25, 0.3) is 5.91 Å². The summed E-state index contributed by atoms with van der Waals surface area (Å²) in [7, 11) is 1.63. The lowest BCUT2D eigenvalue weighted by molar-refractivity contribution is 0.0949. The van der Waals surface area contributed by atoms with Crippen molar-refractivity contribution in [1.82, 2.24) is 14.9 Å². The number of aromatic nitrogens is 2. The Hall–Kier alpha value is -2.21. The van der Waals surface area contributed by atoms with E-state index in [1.807, 2.05) is 24.3 Å². The Kier molecular flexibility index (Phi) is 4.06. The molecule has 3 atom stereocenters. The van der Waals surface area contributed by atoms with Gasteiger partial charge in [0.15, 0.2) is 0 Å². The lowest BCUT2D eigenvalue weighted by atomic mass is 9.93. The first-order chi connectivity index (χ1) is 11.7. The maximum atomic E-state index is 12.6. The number of ether oxygens (including phenoxy) is 1. The van der Waals surface area contributed by atoms with Crippen LogP contribution in [0.15, 0.2) is 36.4 Å². The third kappa shape index (κ3) is 2.82. The number of allylic oxidation sites excluding steroid dienone is 2. The second-order valence-electron chi connectivity index (χ2n) is 6.43. The fourth-order valence-corrected chi connectivity index (χ4v) is 4.32. The summed E-state index contributed by atoms with van der Waals surface area (Å²) in [5.41, 5.74) is 1.51. The molecule has 1 N–H and O–H groups in total. The highest BCUT2D eigenvalue weighted by atomic mass is 32.1.